The summed E-state index contributed by atoms with van der Waals surface area (Å²) in [6, 6.07) is 7.15. The van der Waals surface area contributed by atoms with Crippen molar-refractivity contribution >= 4 is 11.8 Å². The van der Waals surface area contributed by atoms with E-state index in [1.54, 1.807) is 12.1 Å². The van der Waals surface area contributed by atoms with Gasteiger partial charge in [0, 0.05) is 5.56 Å². The fourth-order valence-corrected chi connectivity index (χ4v) is 2.94. The van der Waals surface area contributed by atoms with Gasteiger partial charge in [-0.25, -0.2) is 0 Å². The summed E-state index contributed by atoms with van der Waals surface area (Å²) in [4.78, 5) is 24.7. The Morgan fingerprint density at radius 1 is 0.786 bits per heavy atom. The lowest BCUT2D eigenvalue weighted by atomic mass is 9.98. The molecule has 0 saturated carbocycles. The molecule has 0 fully saturated rings. The van der Waals surface area contributed by atoms with Gasteiger partial charge < -0.3 is 18.9 Å². The molecule has 2 rings (SSSR count). The number of esters is 1. The minimum atomic E-state index is -0.510. The number of ether oxygens (including phenoxy) is 4. The molecular weight excluding hydrogens is 360 g/mol. The maximum atomic E-state index is 12.4. The van der Waals surface area contributed by atoms with Crippen molar-refractivity contribution in [2.45, 2.75) is 27.2 Å². The number of hydrogen-bond donors (Lipinski definition) is 0. The van der Waals surface area contributed by atoms with Gasteiger partial charge in [-0.2, -0.15) is 0 Å². The third kappa shape index (κ3) is 4.82. The van der Waals surface area contributed by atoms with Gasteiger partial charge in [-0.3, -0.25) is 9.59 Å². The minimum absolute atomic E-state index is 0.0180. The summed E-state index contributed by atoms with van der Waals surface area (Å²) < 4.78 is 21.0. The van der Waals surface area contributed by atoms with E-state index in [4.69, 9.17) is 18.9 Å². The zero-order chi connectivity index (χ0) is 20.8. The van der Waals surface area contributed by atoms with E-state index in [0.29, 0.717) is 28.4 Å². The van der Waals surface area contributed by atoms with Crippen molar-refractivity contribution in [2.75, 3.05) is 27.9 Å². The molecule has 6 heteroatoms. The number of benzene rings is 2. The Morgan fingerprint density at radius 3 is 1.89 bits per heavy atom. The summed E-state index contributed by atoms with van der Waals surface area (Å²) in [5.74, 6) is 0.614. The quantitative estimate of drug-likeness (QED) is 0.510. The molecule has 0 atom stereocenters. The average molecular weight is 386 g/mol. The van der Waals surface area contributed by atoms with Gasteiger partial charge in [0.15, 0.2) is 18.1 Å². The molecule has 0 aliphatic heterocycles. The Bertz CT molecular complexity index is 860. The predicted molar refractivity (Wildman–Crippen MR) is 106 cm³/mol. The largest absolute Gasteiger partial charge is 0.493 e. The van der Waals surface area contributed by atoms with Crippen molar-refractivity contribution in [3.63, 3.8) is 0 Å². The molecule has 6 nitrogen and oxygen atoms in total. The number of hydrogen-bond acceptors (Lipinski definition) is 6. The second-order valence-corrected chi connectivity index (χ2v) is 6.55. The van der Waals surface area contributed by atoms with Gasteiger partial charge >= 0.3 is 5.97 Å². The van der Waals surface area contributed by atoms with E-state index in [1.807, 2.05) is 32.9 Å². The van der Waals surface area contributed by atoms with Crippen molar-refractivity contribution in [1.29, 1.82) is 0 Å². The van der Waals surface area contributed by atoms with Crippen LogP contribution in [-0.2, 0) is 16.0 Å². The van der Waals surface area contributed by atoms with Gasteiger partial charge in [0.05, 0.1) is 27.8 Å². The highest BCUT2D eigenvalue weighted by Gasteiger charge is 2.17. The highest BCUT2D eigenvalue weighted by Crippen LogP contribution is 2.38. The lowest BCUT2D eigenvalue weighted by Crippen LogP contribution is -2.17. The van der Waals surface area contributed by atoms with Crippen LogP contribution in [0.5, 0.6) is 17.2 Å². The van der Waals surface area contributed by atoms with Crippen LogP contribution >= 0.6 is 0 Å². The summed E-state index contributed by atoms with van der Waals surface area (Å²) in [6.07, 6.45) is -0.0180. The third-order valence-electron chi connectivity index (χ3n) is 4.58. The van der Waals surface area contributed by atoms with E-state index >= 15 is 0 Å². The lowest BCUT2D eigenvalue weighted by molar-refractivity contribution is -0.141. The molecule has 0 spiro atoms. The maximum Gasteiger partial charge on any atom is 0.310 e. The van der Waals surface area contributed by atoms with Gasteiger partial charge in [-0.15, -0.1) is 0 Å². The van der Waals surface area contributed by atoms with Crippen molar-refractivity contribution in [2.24, 2.45) is 0 Å². The molecule has 0 aromatic heterocycles. The molecule has 2 aromatic carbocycles. The standard InChI is InChI=1S/C22H26O6/c1-13-7-15(3)17(8-14(13)2)18(23)12-28-21(24)11-16-9-19(25-4)22(27-6)20(10-16)26-5/h7-10H,11-12H2,1-6H3. The summed E-state index contributed by atoms with van der Waals surface area (Å²) >= 11 is 0. The van der Waals surface area contributed by atoms with Crippen LogP contribution in [0.15, 0.2) is 24.3 Å². The Labute approximate surface area is 165 Å². The van der Waals surface area contributed by atoms with Crippen molar-refractivity contribution in [3.8, 4) is 17.2 Å². The summed E-state index contributed by atoms with van der Waals surface area (Å²) in [5, 5.41) is 0. The normalized spacial score (nSPS) is 10.4. The molecule has 150 valence electrons. The molecule has 0 saturated heterocycles. The topological polar surface area (TPSA) is 71.1 Å². The smallest absolute Gasteiger partial charge is 0.310 e. The van der Waals surface area contributed by atoms with Crippen LogP contribution in [0, 0.1) is 20.8 Å². The summed E-state index contributed by atoms with van der Waals surface area (Å²) in [6.45, 7) is 5.51. The Kier molecular flexibility index (Phi) is 7.04. The van der Waals surface area contributed by atoms with Gasteiger partial charge in [0.2, 0.25) is 11.5 Å². The summed E-state index contributed by atoms with van der Waals surface area (Å²) in [5.41, 5.74) is 4.22. The zero-order valence-corrected chi connectivity index (χ0v) is 17.2. The molecule has 0 aliphatic rings. The molecule has 0 bridgehead atoms. The van der Waals surface area contributed by atoms with E-state index < -0.39 is 5.97 Å². The second kappa shape index (κ2) is 9.26. The van der Waals surface area contributed by atoms with Crippen LogP contribution in [0.2, 0.25) is 0 Å². The van der Waals surface area contributed by atoms with Crippen molar-refractivity contribution < 1.29 is 28.5 Å². The number of Topliss-reactive ketones (excluding diaryl/α,β-unsaturated/α-hetero) is 1. The first-order valence-electron chi connectivity index (χ1n) is 8.86. The molecule has 0 amide bonds. The summed E-state index contributed by atoms with van der Waals surface area (Å²) in [7, 11) is 4.52. The van der Waals surface area contributed by atoms with E-state index in [9.17, 15) is 9.59 Å². The number of carbonyl (C=O) groups excluding carboxylic acids is 2. The van der Waals surface area contributed by atoms with Crippen molar-refractivity contribution in [3.05, 3.63) is 52.1 Å². The fraction of sp³-hybridized carbons (Fsp3) is 0.364. The monoisotopic (exact) mass is 386 g/mol. The Morgan fingerprint density at radius 2 is 1.36 bits per heavy atom. The van der Waals surface area contributed by atoms with Crippen LogP contribution in [0.25, 0.3) is 0 Å². The fourth-order valence-electron chi connectivity index (χ4n) is 2.94. The van der Waals surface area contributed by atoms with Gasteiger partial charge in [0.1, 0.15) is 0 Å². The first-order chi connectivity index (χ1) is 13.3. The van der Waals surface area contributed by atoms with Crippen LogP contribution in [0.4, 0.5) is 0 Å². The van der Waals surface area contributed by atoms with E-state index in [-0.39, 0.29) is 18.8 Å². The lowest BCUT2D eigenvalue weighted by Gasteiger charge is -2.14. The molecule has 0 N–H and O–H groups in total. The Balaban J connectivity index is 2.07. The van der Waals surface area contributed by atoms with Crippen molar-refractivity contribution in [1.82, 2.24) is 0 Å². The number of ketones is 1. The first kappa shape index (κ1) is 21.3. The first-order valence-corrected chi connectivity index (χ1v) is 8.86. The van der Waals surface area contributed by atoms with Crippen LogP contribution in [0.3, 0.4) is 0 Å². The van der Waals surface area contributed by atoms with Gasteiger partial charge in [0.25, 0.3) is 0 Å². The van der Waals surface area contributed by atoms with Crippen LogP contribution in [0.1, 0.15) is 32.6 Å². The highest BCUT2D eigenvalue weighted by molar-refractivity contribution is 5.99. The van der Waals surface area contributed by atoms with E-state index in [2.05, 4.69) is 0 Å². The molecular formula is C22H26O6. The average Bonchev–Trinajstić information content (AvgIpc) is 2.67. The number of rotatable bonds is 8. The molecule has 0 radical (unpaired) electrons. The maximum absolute atomic E-state index is 12.4. The predicted octanol–water partition coefficient (Wildman–Crippen LogP) is 3.61. The molecule has 0 unspecified atom stereocenters. The molecule has 2 aromatic rings. The van der Waals surface area contributed by atoms with E-state index in [0.717, 1.165) is 16.7 Å². The Hall–Kier alpha value is -3.02. The number of carbonyl (C=O) groups is 2. The molecule has 28 heavy (non-hydrogen) atoms. The zero-order valence-electron chi connectivity index (χ0n) is 17.2. The molecule has 0 heterocycles. The van der Waals surface area contributed by atoms with E-state index in [1.165, 1.54) is 21.3 Å². The van der Waals surface area contributed by atoms with Gasteiger partial charge in [-0.1, -0.05) is 6.07 Å². The van der Waals surface area contributed by atoms with Crippen LogP contribution < -0.4 is 14.2 Å². The van der Waals surface area contributed by atoms with Crippen LogP contribution in [-0.4, -0.2) is 39.7 Å². The number of methoxy groups -OCH3 is 3. The number of aryl methyl sites for hydroxylation is 3. The second-order valence-electron chi connectivity index (χ2n) is 6.55. The minimum Gasteiger partial charge on any atom is -0.493 e. The van der Waals surface area contributed by atoms with Gasteiger partial charge in [-0.05, 0) is 61.2 Å². The highest BCUT2D eigenvalue weighted by atomic mass is 16.5. The molecule has 0 aliphatic carbocycles. The third-order valence-corrected chi connectivity index (χ3v) is 4.58. The SMILES string of the molecule is COc1cc(CC(=O)OCC(=O)c2cc(C)c(C)cc2C)cc(OC)c1OC.